The van der Waals surface area contributed by atoms with Crippen molar-refractivity contribution < 1.29 is 32.3 Å². The first-order chi connectivity index (χ1) is 18.9. The quantitative estimate of drug-likeness (QED) is 0.456. The van der Waals surface area contributed by atoms with E-state index >= 15 is 0 Å². The summed E-state index contributed by atoms with van der Waals surface area (Å²) in [5.41, 5.74) is 4.08. The van der Waals surface area contributed by atoms with Gasteiger partial charge in [0.2, 0.25) is 11.8 Å². The van der Waals surface area contributed by atoms with Gasteiger partial charge in [-0.15, -0.1) is 0 Å². The van der Waals surface area contributed by atoms with E-state index in [1.807, 2.05) is 0 Å². The van der Waals surface area contributed by atoms with E-state index in [1.165, 1.54) is 36.9 Å². The summed E-state index contributed by atoms with van der Waals surface area (Å²) in [6.07, 6.45) is -1.08. The van der Waals surface area contributed by atoms with Crippen LogP contribution in [0.5, 0.6) is 5.75 Å². The molecule has 2 aromatic rings. The van der Waals surface area contributed by atoms with Crippen molar-refractivity contribution in [1.29, 1.82) is 0 Å². The first kappa shape index (κ1) is 29.0. The van der Waals surface area contributed by atoms with Crippen LogP contribution in [-0.2, 0) is 20.8 Å². The van der Waals surface area contributed by atoms with Crippen LogP contribution in [0.25, 0.3) is 0 Å². The van der Waals surface area contributed by atoms with Crippen molar-refractivity contribution in [3.05, 3.63) is 60.2 Å². The van der Waals surface area contributed by atoms with Gasteiger partial charge in [-0.2, -0.15) is 5.10 Å². The Morgan fingerprint density at radius 1 is 1.20 bits per heavy atom. The third-order valence-electron chi connectivity index (χ3n) is 6.78. The minimum atomic E-state index is -2.80. The number of hydrogen-bond acceptors (Lipinski definition) is 7. The monoisotopic (exact) mass is 560 g/mol. The van der Waals surface area contributed by atoms with Gasteiger partial charge in [0.15, 0.2) is 11.6 Å². The molecule has 0 aliphatic carbocycles. The summed E-state index contributed by atoms with van der Waals surface area (Å²) >= 11 is 0. The van der Waals surface area contributed by atoms with Crippen LogP contribution < -0.4 is 15.8 Å². The number of para-hydroxylation sites is 1. The molecule has 2 aliphatic heterocycles. The van der Waals surface area contributed by atoms with Crippen LogP contribution in [0.2, 0.25) is 0 Å². The van der Waals surface area contributed by atoms with E-state index in [-0.39, 0.29) is 31.7 Å². The van der Waals surface area contributed by atoms with E-state index in [1.54, 1.807) is 30.5 Å². The Balaban J connectivity index is 1.62. The van der Waals surface area contributed by atoms with E-state index < -0.39 is 60.1 Å². The molecule has 1 unspecified atom stereocenters. The summed E-state index contributed by atoms with van der Waals surface area (Å²) in [6, 6.07) is 9.46. The van der Waals surface area contributed by atoms with Crippen LogP contribution in [0.3, 0.4) is 0 Å². The van der Waals surface area contributed by atoms with Crippen LogP contribution in [-0.4, -0.2) is 82.6 Å². The average molecular weight is 561 g/mol. The number of rotatable bonds is 10. The Bertz CT molecular complexity index is 1290. The molecule has 0 bridgehead atoms. The fraction of sp³-hybridized carbons (Fsp3) is 0.444. The molecule has 3 amide bonds. The first-order valence-electron chi connectivity index (χ1n) is 12.7. The van der Waals surface area contributed by atoms with Crippen LogP contribution in [0.4, 0.5) is 13.2 Å². The molecule has 13 heteroatoms. The van der Waals surface area contributed by atoms with Crippen molar-refractivity contribution >= 4 is 23.4 Å². The van der Waals surface area contributed by atoms with Gasteiger partial charge in [-0.05, 0) is 38.1 Å². The molecule has 3 heterocycles. The Morgan fingerprint density at radius 2 is 1.93 bits per heavy atom. The largest absolute Gasteiger partial charge is 0.488 e. The molecule has 4 rings (SSSR count). The summed E-state index contributed by atoms with van der Waals surface area (Å²) in [7, 11) is 0. The zero-order valence-corrected chi connectivity index (χ0v) is 22.1. The third-order valence-corrected chi connectivity index (χ3v) is 6.78. The summed E-state index contributed by atoms with van der Waals surface area (Å²) in [5, 5.41) is 7.54. The van der Waals surface area contributed by atoms with E-state index in [0.29, 0.717) is 11.4 Å². The zero-order valence-electron chi connectivity index (χ0n) is 22.1. The maximum absolute atomic E-state index is 14.2. The molecule has 1 aromatic carbocycles. The number of nitrogens with one attached hydrogen (secondary N) is 1. The van der Waals surface area contributed by atoms with Crippen LogP contribution >= 0.6 is 0 Å². The van der Waals surface area contributed by atoms with Gasteiger partial charge in [0.1, 0.15) is 24.6 Å². The summed E-state index contributed by atoms with van der Waals surface area (Å²) in [4.78, 5) is 45.8. The molecule has 0 radical (unpaired) electrons. The lowest BCUT2D eigenvalue weighted by Gasteiger charge is -2.40. The molecule has 1 fully saturated rings. The number of ether oxygens (including phenoxy) is 1. The molecule has 0 saturated carbocycles. The van der Waals surface area contributed by atoms with Gasteiger partial charge >= 0.3 is 0 Å². The number of hydrogen-bond donors (Lipinski definition) is 2. The maximum Gasteiger partial charge on any atom is 0.258 e. The number of carbonyl (C=O) groups is 3. The van der Waals surface area contributed by atoms with Crippen molar-refractivity contribution in [3.8, 4) is 5.75 Å². The number of aromatic nitrogens is 1. The summed E-state index contributed by atoms with van der Waals surface area (Å²) < 4.78 is 46.2. The van der Waals surface area contributed by atoms with Gasteiger partial charge in [0.05, 0.1) is 11.3 Å². The van der Waals surface area contributed by atoms with E-state index in [2.05, 4.69) is 15.4 Å². The predicted octanol–water partition coefficient (Wildman–Crippen LogP) is 1.75. The van der Waals surface area contributed by atoms with Gasteiger partial charge < -0.3 is 20.7 Å². The number of hydrazone groups is 1. The molecule has 214 valence electrons. The number of benzene rings is 1. The van der Waals surface area contributed by atoms with E-state index in [9.17, 15) is 27.6 Å². The van der Waals surface area contributed by atoms with Gasteiger partial charge in [-0.25, -0.2) is 18.2 Å². The van der Waals surface area contributed by atoms with Crippen molar-refractivity contribution in [3.63, 3.8) is 0 Å². The second-order valence-electron chi connectivity index (χ2n) is 10.4. The Labute approximate surface area is 229 Å². The number of nitrogens with two attached hydrogens (primary N) is 1. The highest BCUT2D eigenvalue weighted by atomic mass is 19.3. The molecule has 1 saturated heterocycles. The Morgan fingerprint density at radius 3 is 2.58 bits per heavy atom. The second-order valence-corrected chi connectivity index (χ2v) is 10.4. The molecule has 2 aliphatic rings. The topological polar surface area (TPSA) is 130 Å². The van der Waals surface area contributed by atoms with Crippen LogP contribution in [0, 0.1) is 11.2 Å². The minimum Gasteiger partial charge on any atom is -0.488 e. The van der Waals surface area contributed by atoms with Gasteiger partial charge in [-0.1, -0.05) is 18.2 Å². The van der Waals surface area contributed by atoms with E-state index in [0.717, 1.165) is 5.01 Å². The third kappa shape index (κ3) is 6.24. The number of pyridine rings is 1. The number of carbonyl (C=O) groups excluding carboxylic acids is 3. The molecule has 1 aromatic heterocycles. The highest BCUT2D eigenvalue weighted by molar-refractivity contribution is 6.13. The average Bonchev–Trinajstić information content (AvgIpc) is 3.16. The van der Waals surface area contributed by atoms with Crippen LogP contribution in [0.1, 0.15) is 26.0 Å². The summed E-state index contributed by atoms with van der Waals surface area (Å²) in [6.45, 7) is 1.55. The molecular formula is C27H31F3N6O4. The fourth-order valence-electron chi connectivity index (χ4n) is 4.71. The standard InChI is InChI=1S/C27H31F3N6O4/c1-26(2,31)24(38)33-19(15-40-20-9-4-3-8-18(20)28)23(37)35-12-10-21-27(16-35,13-17-7-5-6-11-32-17)25(39)36(34-21)14-22(29)30/h3-9,11,19,22H,10,12-16,31H2,1-2H3,(H,33,38)/t19?,27-/m1/s1. The lowest BCUT2D eigenvalue weighted by Crippen LogP contribution is -2.62. The van der Waals surface area contributed by atoms with Crippen molar-refractivity contribution in [2.45, 2.75) is 44.7 Å². The highest BCUT2D eigenvalue weighted by Crippen LogP contribution is 2.38. The zero-order chi connectivity index (χ0) is 29.1. The minimum absolute atomic E-state index is 0.0353. The predicted molar refractivity (Wildman–Crippen MR) is 139 cm³/mol. The molecule has 40 heavy (non-hydrogen) atoms. The Kier molecular flexibility index (Phi) is 8.43. The fourth-order valence-corrected chi connectivity index (χ4v) is 4.71. The number of likely N-dealkylation sites (tertiary alicyclic amines) is 1. The maximum atomic E-state index is 14.2. The molecule has 10 nitrogen and oxygen atoms in total. The Hall–Kier alpha value is -4.00. The summed E-state index contributed by atoms with van der Waals surface area (Å²) in [5.74, 6) is -2.67. The van der Waals surface area contributed by atoms with Crippen molar-refractivity contribution in [2.24, 2.45) is 16.3 Å². The molecule has 2 atom stereocenters. The lowest BCUT2D eigenvalue weighted by molar-refractivity contribution is -0.144. The number of halogens is 3. The van der Waals surface area contributed by atoms with Crippen molar-refractivity contribution in [2.75, 3.05) is 26.2 Å². The van der Waals surface area contributed by atoms with Gasteiger partial charge in [0.25, 0.3) is 12.3 Å². The first-order valence-corrected chi connectivity index (χ1v) is 12.7. The number of amides is 3. The number of fused-ring (bicyclic) bond motifs is 1. The van der Waals surface area contributed by atoms with E-state index in [4.69, 9.17) is 10.5 Å². The van der Waals surface area contributed by atoms with Gasteiger partial charge in [0, 0.05) is 37.8 Å². The number of nitrogens with zero attached hydrogens (tertiary/aromatic N) is 4. The smallest absolute Gasteiger partial charge is 0.258 e. The van der Waals surface area contributed by atoms with Gasteiger partial charge in [-0.3, -0.25) is 19.4 Å². The van der Waals surface area contributed by atoms with Crippen LogP contribution in [0.15, 0.2) is 53.8 Å². The molecule has 3 N–H and O–H groups in total. The normalized spacial score (nSPS) is 19.8. The lowest BCUT2D eigenvalue weighted by atomic mass is 9.74. The second kappa shape index (κ2) is 11.6. The molecule has 0 spiro atoms. The SMILES string of the molecule is CC(C)(N)C(=O)NC(COc1ccccc1F)C(=O)N1CCC2=NN(CC(F)F)C(=O)[C@]2(Cc2ccccn2)C1. The van der Waals surface area contributed by atoms with Crippen molar-refractivity contribution in [1.82, 2.24) is 20.2 Å². The molecular weight excluding hydrogens is 529 g/mol. The number of alkyl halides is 2. The number of piperidine rings is 1. The highest BCUT2D eigenvalue weighted by Gasteiger charge is 2.55.